The molecule has 2 rings (SSSR count). The zero-order valence-corrected chi connectivity index (χ0v) is 38.9. The Hall–Kier alpha value is 1.06. The van der Waals surface area contributed by atoms with Crippen LogP contribution in [0.1, 0.15) is 120 Å². The molecule has 1 aromatic rings. The van der Waals surface area contributed by atoms with Crippen LogP contribution in [-0.2, 0) is 33.9 Å². The molecule has 17 heteroatoms. The molecule has 0 spiro atoms. The number of rotatable bonds is 25. The second-order valence-corrected chi connectivity index (χ2v) is 17.7. The minimum absolute atomic E-state index is 0. The molecule has 6 atom stereocenters. The SMILES string of the molecule is CCCCCCCCCCCCCCCCCC(=O)OCC(COC1OC(CS(=O)(=O)[O-])C(O)C(O)C1O)OC(=O)c1cc(I)cc(I)c1I.[Na+]. The van der Waals surface area contributed by atoms with Gasteiger partial charge in [0.15, 0.2) is 12.4 Å². The molecule has 1 aliphatic heterocycles. The third kappa shape index (κ3) is 20.7. The van der Waals surface area contributed by atoms with Crippen molar-refractivity contribution < 1.29 is 86.4 Å². The fourth-order valence-electron chi connectivity index (χ4n) is 5.53. The Labute approximate surface area is 366 Å². The summed E-state index contributed by atoms with van der Waals surface area (Å²) in [5, 5.41) is 30.7. The number of hydrogen-bond acceptors (Lipinski definition) is 12. The largest absolute Gasteiger partial charge is 1.00 e. The summed E-state index contributed by atoms with van der Waals surface area (Å²) >= 11 is 6.20. The van der Waals surface area contributed by atoms with Crippen molar-refractivity contribution in [3.8, 4) is 0 Å². The first-order valence-electron chi connectivity index (χ1n) is 17.5. The van der Waals surface area contributed by atoms with Crippen LogP contribution in [-0.4, -0.2) is 96.0 Å². The van der Waals surface area contributed by atoms with Gasteiger partial charge in [-0.05, 0) is 86.3 Å². The van der Waals surface area contributed by atoms with Gasteiger partial charge in [-0.3, -0.25) is 4.79 Å². The van der Waals surface area contributed by atoms with Gasteiger partial charge in [0.2, 0.25) is 0 Å². The Bertz CT molecular complexity index is 1280. The van der Waals surface area contributed by atoms with Crippen molar-refractivity contribution in [1.82, 2.24) is 0 Å². The van der Waals surface area contributed by atoms with Crippen molar-refractivity contribution in [1.29, 1.82) is 0 Å². The second-order valence-electron chi connectivity index (χ2n) is 12.7. The van der Waals surface area contributed by atoms with Crippen LogP contribution in [0, 0.1) is 10.7 Å². The first kappa shape index (κ1) is 50.1. The molecule has 1 aromatic carbocycles. The van der Waals surface area contributed by atoms with Crippen LogP contribution >= 0.6 is 67.8 Å². The van der Waals surface area contributed by atoms with Gasteiger partial charge in [-0.15, -0.1) is 0 Å². The summed E-state index contributed by atoms with van der Waals surface area (Å²) in [5.74, 6) is -2.36. The van der Waals surface area contributed by atoms with Crippen LogP contribution in [0.5, 0.6) is 0 Å². The Morgan fingerprint density at radius 2 is 1.35 bits per heavy atom. The minimum Gasteiger partial charge on any atom is -0.748 e. The number of aliphatic hydroxyl groups excluding tert-OH is 3. The van der Waals surface area contributed by atoms with E-state index in [0.717, 1.165) is 26.4 Å². The molecule has 1 aliphatic rings. The number of aliphatic hydroxyl groups is 3. The fraction of sp³-hybridized carbons (Fsp3) is 0.765. The van der Waals surface area contributed by atoms with Gasteiger partial charge >= 0.3 is 41.5 Å². The molecule has 0 aromatic heterocycles. The molecule has 0 saturated carbocycles. The van der Waals surface area contributed by atoms with Gasteiger partial charge in [-0.1, -0.05) is 96.8 Å². The van der Waals surface area contributed by atoms with Crippen molar-refractivity contribution in [2.75, 3.05) is 19.0 Å². The number of hydrogen-bond donors (Lipinski definition) is 3. The molecule has 6 unspecified atom stereocenters. The second kappa shape index (κ2) is 27.6. The van der Waals surface area contributed by atoms with E-state index < -0.39 is 71.2 Å². The Morgan fingerprint density at radius 1 is 0.824 bits per heavy atom. The Balaban J connectivity index is 0.0000130. The van der Waals surface area contributed by atoms with E-state index >= 15 is 0 Å². The molecule has 0 bridgehead atoms. The number of esters is 2. The number of benzene rings is 1. The smallest absolute Gasteiger partial charge is 0.748 e. The van der Waals surface area contributed by atoms with Crippen molar-refractivity contribution in [3.05, 3.63) is 28.4 Å². The molecule has 0 radical (unpaired) electrons. The molecular weight excluding hydrogens is 1040 g/mol. The quantitative estimate of drug-likeness (QED) is 0.0325. The number of carbonyl (C=O) groups excluding carboxylic acids is 2. The van der Waals surface area contributed by atoms with Crippen LogP contribution in [0.2, 0.25) is 0 Å². The van der Waals surface area contributed by atoms with Gasteiger partial charge < -0.3 is 38.8 Å². The van der Waals surface area contributed by atoms with E-state index in [4.69, 9.17) is 18.9 Å². The summed E-state index contributed by atoms with van der Waals surface area (Å²) in [6.45, 7) is 1.37. The predicted octanol–water partition coefficient (Wildman–Crippen LogP) is 3.20. The standard InChI is InChI=1S/C34H53I3O12S.Na/c1-2-3-4-5-6-7-8-9-10-11-12-13-14-15-16-17-28(38)46-20-24(48-33(42)25-18-23(35)19-26(36)29(25)37)21-47-34-32(41)31(40)30(39)27(49-34)22-50(43,44)45;/h18-19,24,27,30-32,34,39-41H,2-17,20-22H2,1H3,(H,43,44,45);/q;+1/p-1. The van der Waals surface area contributed by atoms with Gasteiger partial charge in [-0.2, -0.15) is 0 Å². The summed E-state index contributed by atoms with van der Waals surface area (Å²) in [7, 11) is -4.86. The van der Waals surface area contributed by atoms with Gasteiger partial charge in [0.25, 0.3) is 0 Å². The zero-order valence-electron chi connectivity index (χ0n) is 29.6. The summed E-state index contributed by atoms with van der Waals surface area (Å²) in [4.78, 5) is 25.8. The monoisotopic (exact) mass is 1090 g/mol. The molecule has 51 heavy (non-hydrogen) atoms. The molecule has 0 aliphatic carbocycles. The molecule has 288 valence electrons. The molecule has 1 saturated heterocycles. The van der Waals surface area contributed by atoms with E-state index in [2.05, 4.69) is 52.1 Å². The van der Waals surface area contributed by atoms with Crippen LogP contribution in [0.25, 0.3) is 0 Å². The van der Waals surface area contributed by atoms with Crippen molar-refractivity contribution in [2.24, 2.45) is 0 Å². The number of ether oxygens (including phenoxy) is 4. The van der Waals surface area contributed by atoms with E-state index in [1.54, 1.807) is 6.07 Å². The average molecular weight is 1090 g/mol. The van der Waals surface area contributed by atoms with Crippen LogP contribution in [0.3, 0.4) is 0 Å². The number of carbonyl (C=O) groups is 2. The predicted molar refractivity (Wildman–Crippen MR) is 211 cm³/mol. The maximum atomic E-state index is 13.2. The fourth-order valence-corrected chi connectivity index (χ4v) is 8.58. The molecule has 0 amide bonds. The number of unbranched alkanes of at least 4 members (excludes halogenated alkanes) is 14. The topological polar surface area (TPSA) is 189 Å². The average Bonchev–Trinajstić information content (AvgIpc) is 3.05. The Kier molecular flexibility index (Phi) is 27.1. The molecule has 3 N–H and O–H groups in total. The van der Waals surface area contributed by atoms with Gasteiger partial charge in [0, 0.05) is 17.1 Å². The van der Waals surface area contributed by atoms with Crippen LogP contribution < -0.4 is 29.6 Å². The maximum Gasteiger partial charge on any atom is 1.00 e. The summed E-state index contributed by atoms with van der Waals surface area (Å²) < 4.78 is 58.0. The van der Waals surface area contributed by atoms with Gasteiger partial charge in [0.1, 0.15) is 31.0 Å². The van der Waals surface area contributed by atoms with E-state index in [1.165, 1.54) is 70.6 Å². The third-order valence-corrected chi connectivity index (χ3v) is 12.8. The third-order valence-electron chi connectivity index (χ3n) is 8.38. The van der Waals surface area contributed by atoms with Crippen molar-refractivity contribution in [3.63, 3.8) is 0 Å². The van der Waals surface area contributed by atoms with Crippen molar-refractivity contribution >= 4 is 89.8 Å². The van der Waals surface area contributed by atoms with Gasteiger partial charge in [0.05, 0.1) is 28.0 Å². The van der Waals surface area contributed by atoms with E-state index in [0.29, 0.717) is 9.99 Å². The molecule has 1 heterocycles. The molecule has 12 nitrogen and oxygen atoms in total. The summed E-state index contributed by atoms with van der Waals surface area (Å²) in [6.07, 6.45) is 8.14. The van der Waals surface area contributed by atoms with Gasteiger partial charge in [-0.25, -0.2) is 13.2 Å². The zero-order chi connectivity index (χ0) is 37.1. The Morgan fingerprint density at radius 3 is 1.88 bits per heavy atom. The summed E-state index contributed by atoms with van der Waals surface area (Å²) in [5.41, 5.74) is 0.282. The summed E-state index contributed by atoms with van der Waals surface area (Å²) in [6, 6.07) is 3.53. The molecular formula is C34H52I3NaO12S. The van der Waals surface area contributed by atoms with E-state index in [1.807, 2.05) is 28.7 Å². The first-order valence-corrected chi connectivity index (χ1v) is 22.3. The maximum absolute atomic E-state index is 13.2. The van der Waals surface area contributed by atoms with Crippen LogP contribution in [0.4, 0.5) is 0 Å². The first-order chi connectivity index (χ1) is 23.7. The minimum atomic E-state index is -4.86. The van der Waals surface area contributed by atoms with Crippen LogP contribution in [0.15, 0.2) is 12.1 Å². The normalized spacial score (nSPS) is 21.1. The van der Waals surface area contributed by atoms with E-state index in [-0.39, 0.29) is 48.1 Å². The number of halogens is 3. The molecule has 1 fully saturated rings. The van der Waals surface area contributed by atoms with Crippen molar-refractivity contribution in [2.45, 2.75) is 146 Å². The van der Waals surface area contributed by atoms with E-state index in [9.17, 15) is 37.9 Å².